The van der Waals surface area contributed by atoms with Gasteiger partial charge in [0.2, 0.25) is 0 Å². The molecular weight excluding hydrogens is 452 g/mol. The van der Waals surface area contributed by atoms with Gasteiger partial charge in [-0.2, -0.15) is 0 Å². The normalized spacial score (nSPS) is 14.6. The molecule has 2 heterocycles. The lowest BCUT2D eigenvalue weighted by atomic mass is 9.92. The molecule has 0 aliphatic carbocycles. The van der Waals surface area contributed by atoms with Crippen molar-refractivity contribution in [1.82, 2.24) is 14.9 Å². The average Bonchev–Trinajstić information content (AvgIpc) is 3.36. The van der Waals surface area contributed by atoms with E-state index in [-0.39, 0.29) is 6.04 Å². The van der Waals surface area contributed by atoms with E-state index in [2.05, 4.69) is 115 Å². The Hall–Kier alpha value is -3.27. The third-order valence-corrected chi connectivity index (χ3v) is 6.87. The Labute approximate surface area is 225 Å². The van der Waals surface area contributed by atoms with Crippen LogP contribution in [0.3, 0.4) is 0 Å². The van der Waals surface area contributed by atoms with Gasteiger partial charge in [-0.15, -0.1) is 6.58 Å². The predicted octanol–water partition coefficient (Wildman–Crippen LogP) is 7.59. The van der Waals surface area contributed by atoms with Gasteiger partial charge in [0, 0.05) is 55.6 Å². The zero-order chi connectivity index (χ0) is 26.6. The van der Waals surface area contributed by atoms with Gasteiger partial charge in [-0.1, -0.05) is 89.2 Å². The number of anilines is 1. The quantitative estimate of drug-likeness (QED) is 0.292. The second-order valence-electron chi connectivity index (χ2n) is 10.5. The molecule has 1 saturated heterocycles. The molecule has 1 N–H and O–H groups in total. The first-order valence-electron chi connectivity index (χ1n) is 13.9. The van der Waals surface area contributed by atoms with Crippen molar-refractivity contribution in [3.63, 3.8) is 0 Å². The number of rotatable bonds is 10. The summed E-state index contributed by atoms with van der Waals surface area (Å²) in [5.74, 6) is 1.05. The van der Waals surface area contributed by atoms with Crippen LogP contribution < -0.4 is 10.2 Å². The molecule has 0 amide bonds. The number of nitrogens with zero attached hydrogens (tertiary/aromatic N) is 3. The molecule has 0 bridgehead atoms. The van der Waals surface area contributed by atoms with E-state index in [1.807, 2.05) is 18.5 Å². The molecule has 0 spiro atoms. The number of allylic oxidation sites excluding steroid dienone is 1. The Morgan fingerprint density at radius 1 is 1.08 bits per heavy atom. The fourth-order valence-corrected chi connectivity index (χ4v) is 4.73. The lowest BCUT2D eigenvalue weighted by Gasteiger charge is -2.35. The number of aromatic nitrogens is 2. The van der Waals surface area contributed by atoms with Crippen molar-refractivity contribution in [2.75, 3.05) is 18.0 Å². The lowest BCUT2D eigenvalue weighted by Crippen LogP contribution is -2.38. The molecule has 0 saturated carbocycles. The minimum atomic E-state index is 0.133. The Balaban J connectivity index is 0.00000121. The van der Waals surface area contributed by atoms with Gasteiger partial charge < -0.3 is 14.8 Å². The van der Waals surface area contributed by atoms with E-state index < -0.39 is 0 Å². The number of benzene rings is 2. The Morgan fingerprint density at radius 3 is 2.43 bits per heavy atom. The number of imidazole rings is 1. The van der Waals surface area contributed by atoms with Crippen LogP contribution in [0.5, 0.6) is 0 Å². The SMILES string of the molecule is C=CC(Cc1cn(Cc2ccccc2)cn1)NC(=C)C1CCN(c2cccc(C(C)C)c2)CC1.CCC. The Bertz CT molecular complexity index is 1090. The van der Waals surface area contributed by atoms with Crippen molar-refractivity contribution < 1.29 is 0 Å². The fraction of sp³-hybridized carbons (Fsp3) is 0.424. The third kappa shape index (κ3) is 8.66. The van der Waals surface area contributed by atoms with Crippen LogP contribution in [0.2, 0.25) is 0 Å². The average molecular weight is 499 g/mol. The molecule has 1 aromatic heterocycles. The summed E-state index contributed by atoms with van der Waals surface area (Å²) in [6.45, 7) is 20.2. The van der Waals surface area contributed by atoms with Crippen LogP contribution in [-0.4, -0.2) is 28.7 Å². The lowest BCUT2D eigenvalue weighted by molar-refractivity contribution is 0.427. The minimum Gasteiger partial charge on any atom is -0.382 e. The summed E-state index contributed by atoms with van der Waals surface area (Å²) in [5.41, 5.74) is 6.23. The molecule has 1 aliphatic heterocycles. The number of hydrogen-bond donors (Lipinski definition) is 1. The number of hydrogen-bond acceptors (Lipinski definition) is 3. The standard InChI is InChI=1S/C30H38N4.C3H8/c1-5-28(19-29-21-33(22-31-29)20-25-10-7-6-8-11-25)32-24(4)26-14-16-34(17-15-26)30-13-9-12-27(18-30)23(2)3;1-3-2/h5-13,18,21-23,26,28,32H,1,4,14-17,19-20H2,2-3H3;3H2,1-2H3. The van der Waals surface area contributed by atoms with Gasteiger partial charge in [-0.3, -0.25) is 0 Å². The maximum atomic E-state index is 4.62. The summed E-state index contributed by atoms with van der Waals surface area (Å²) in [5, 5.41) is 3.64. The molecule has 1 fully saturated rings. The highest BCUT2D eigenvalue weighted by Crippen LogP contribution is 2.28. The van der Waals surface area contributed by atoms with Gasteiger partial charge in [0.1, 0.15) is 0 Å². The van der Waals surface area contributed by atoms with Gasteiger partial charge in [0.15, 0.2) is 0 Å². The summed E-state index contributed by atoms with van der Waals surface area (Å²) < 4.78 is 2.14. The summed E-state index contributed by atoms with van der Waals surface area (Å²) in [6.07, 6.45) is 10.3. The van der Waals surface area contributed by atoms with Crippen LogP contribution >= 0.6 is 0 Å². The molecule has 198 valence electrons. The summed E-state index contributed by atoms with van der Waals surface area (Å²) in [4.78, 5) is 7.14. The number of nitrogens with one attached hydrogen (secondary N) is 1. The van der Waals surface area contributed by atoms with Crippen molar-refractivity contribution in [2.45, 2.75) is 71.9 Å². The summed E-state index contributed by atoms with van der Waals surface area (Å²) in [7, 11) is 0. The van der Waals surface area contributed by atoms with E-state index in [0.29, 0.717) is 11.8 Å². The van der Waals surface area contributed by atoms with Gasteiger partial charge in [0.05, 0.1) is 12.0 Å². The van der Waals surface area contributed by atoms with Crippen molar-refractivity contribution >= 4 is 5.69 Å². The molecule has 37 heavy (non-hydrogen) atoms. The summed E-state index contributed by atoms with van der Waals surface area (Å²) in [6, 6.07) is 19.6. The van der Waals surface area contributed by atoms with Gasteiger partial charge >= 0.3 is 0 Å². The molecule has 1 unspecified atom stereocenters. The van der Waals surface area contributed by atoms with E-state index >= 15 is 0 Å². The summed E-state index contributed by atoms with van der Waals surface area (Å²) >= 11 is 0. The van der Waals surface area contributed by atoms with Gasteiger partial charge in [-0.25, -0.2) is 4.98 Å². The zero-order valence-corrected chi connectivity index (χ0v) is 23.4. The van der Waals surface area contributed by atoms with E-state index in [0.717, 1.165) is 50.3 Å². The molecule has 4 rings (SSSR count). The first kappa shape index (κ1) is 28.3. The van der Waals surface area contributed by atoms with Crippen LogP contribution in [0, 0.1) is 5.92 Å². The zero-order valence-electron chi connectivity index (χ0n) is 23.4. The maximum absolute atomic E-state index is 4.62. The molecule has 4 heteroatoms. The van der Waals surface area contributed by atoms with Crippen LogP contribution in [0.4, 0.5) is 5.69 Å². The van der Waals surface area contributed by atoms with Crippen LogP contribution in [0.25, 0.3) is 0 Å². The van der Waals surface area contributed by atoms with Crippen molar-refractivity contribution in [2.24, 2.45) is 5.92 Å². The van der Waals surface area contributed by atoms with Crippen LogP contribution in [-0.2, 0) is 13.0 Å². The molecule has 1 aliphatic rings. The first-order valence-corrected chi connectivity index (χ1v) is 13.9. The van der Waals surface area contributed by atoms with Crippen LogP contribution in [0.15, 0.2) is 92.1 Å². The predicted molar refractivity (Wildman–Crippen MR) is 159 cm³/mol. The van der Waals surface area contributed by atoms with Crippen molar-refractivity contribution in [3.8, 4) is 0 Å². The molecule has 2 aromatic carbocycles. The molecule has 1 atom stereocenters. The monoisotopic (exact) mass is 498 g/mol. The van der Waals surface area contributed by atoms with E-state index in [1.54, 1.807) is 0 Å². The van der Waals surface area contributed by atoms with Crippen LogP contribution in [0.1, 0.15) is 69.7 Å². The molecule has 0 radical (unpaired) electrons. The molecular formula is C33H46N4. The Kier molecular flexibility index (Phi) is 11.1. The smallest absolute Gasteiger partial charge is 0.0952 e. The second kappa shape index (κ2) is 14.5. The highest BCUT2D eigenvalue weighted by Gasteiger charge is 2.23. The second-order valence-corrected chi connectivity index (χ2v) is 10.5. The molecule has 4 nitrogen and oxygen atoms in total. The van der Waals surface area contributed by atoms with E-state index in [1.165, 1.54) is 23.2 Å². The topological polar surface area (TPSA) is 33.1 Å². The van der Waals surface area contributed by atoms with Crippen molar-refractivity contribution in [1.29, 1.82) is 0 Å². The Morgan fingerprint density at radius 2 is 1.78 bits per heavy atom. The van der Waals surface area contributed by atoms with Crippen molar-refractivity contribution in [3.05, 3.63) is 109 Å². The third-order valence-electron chi connectivity index (χ3n) is 6.87. The van der Waals surface area contributed by atoms with E-state index in [9.17, 15) is 0 Å². The van der Waals surface area contributed by atoms with Gasteiger partial charge in [-0.05, 0) is 42.0 Å². The first-order chi connectivity index (χ1) is 17.9. The van der Waals surface area contributed by atoms with E-state index in [4.69, 9.17) is 0 Å². The van der Waals surface area contributed by atoms with Gasteiger partial charge in [0.25, 0.3) is 0 Å². The highest BCUT2D eigenvalue weighted by molar-refractivity contribution is 5.49. The fourth-order valence-electron chi connectivity index (χ4n) is 4.73. The largest absolute Gasteiger partial charge is 0.382 e. The minimum absolute atomic E-state index is 0.133. The maximum Gasteiger partial charge on any atom is 0.0952 e. The number of piperidine rings is 1. The highest BCUT2D eigenvalue weighted by atomic mass is 15.1. The molecule has 3 aromatic rings.